The average molecular weight is 525 g/mol. The van der Waals surface area contributed by atoms with Crippen LogP contribution >= 0.6 is 0 Å². The molecule has 8 nitrogen and oxygen atoms in total. The number of ether oxygens (including phenoxy) is 2. The fourth-order valence-corrected chi connectivity index (χ4v) is 6.73. The molecule has 3 aliphatic heterocycles. The van der Waals surface area contributed by atoms with Crippen LogP contribution in [0.2, 0.25) is 0 Å². The number of rotatable bonds is 13. The van der Waals surface area contributed by atoms with Gasteiger partial charge in [-0.2, -0.15) is 0 Å². The van der Waals surface area contributed by atoms with E-state index in [4.69, 9.17) is 9.47 Å². The zero-order valence-electron chi connectivity index (χ0n) is 22.5. The molecular formula is C30H40N2O6. The van der Waals surface area contributed by atoms with Gasteiger partial charge in [0.15, 0.2) is 0 Å². The number of amides is 2. The normalized spacial score (nSPS) is 30.1. The smallest absolute Gasteiger partial charge is 0.313 e. The summed E-state index contributed by atoms with van der Waals surface area (Å²) in [5.74, 6) is -2.79. The van der Waals surface area contributed by atoms with Crippen molar-refractivity contribution in [2.45, 2.75) is 69.2 Å². The second kappa shape index (κ2) is 11.4. The van der Waals surface area contributed by atoms with Crippen LogP contribution in [0.1, 0.15) is 45.1 Å². The molecule has 2 bridgehead atoms. The minimum absolute atomic E-state index is 0.0306. The Labute approximate surface area is 225 Å². The molecule has 0 radical (unpaired) electrons. The van der Waals surface area contributed by atoms with Gasteiger partial charge in [0.2, 0.25) is 11.8 Å². The van der Waals surface area contributed by atoms with Gasteiger partial charge in [-0.25, -0.2) is 0 Å². The zero-order valence-corrected chi connectivity index (χ0v) is 22.5. The van der Waals surface area contributed by atoms with Crippen LogP contribution < -0.4 is 0 Å². The summed E-state index contributed by atoms with van der Waals surface area (Å²) in [6.07, 6.45) is 6.25. The predicted molar refractivity (Wildman–Crippen MR) is 143 cm³/mol. The molecule has 1 N–H and O–H groups in total. The number of fused-ring (bicyclic) bond motifs is 1. The molecule has 3 fully saturated rings. The highest BCUT2D eigenvalue weighted by Crippen LogP contribution is 2.63. The topological polar surface area (TPSA) is 96.4 Å². The SMILES string of the molecule is C=CCOC(=O)[C@H]1[C@H]2C(=O)N([C@@H](CO)Cc3ccccc3)C(C(=O)N(CC=C)CCCC)C23CC[C@]1(C)O3. The fourth-order valence-electron chi connectivity index (χ4n) is 6.73. The molecule has 1 spiro atoms. The summed E-state index contributed by atoms with van der Waals surface area (Å²) in [6.45, 7) is 11.9. The highest BCUT2D eigenvalue weighted by molar-refractivity contribution is 5.98. The predicted octanol–water partition coefficient (Wildman–Crippen LogP) is 2.90. The molecule has 6 atom stereocenters. The van der Waals surface area contributed by atoms with E-state index in [2.05, 4.69) is 20.1 Å². The largest absolute Gasteiger partial charge is 0.461 e. The quantitative estimate of drug-likeness (QED) is 0.315. The zero-order chi connectivity index (χ0) is 27.5. The number of benzene rings is 1. The van der Waals surface area contributed by atoms with Gasteiger partial charge in [-0.15, -0.1) is 6.58 Å². The van der Waals surface area contributed by atoms with E-state index >= 15 is 0 Å². The van der Waals surface area contributed by atoms with E-state index in [1.54, 1.807) is 11.0 Å². The molecule has 2 amide bonds. The molecule has 1 aromatic rings. The van der Waals surface area contributed by atoms with E-state index < -0.39 is 41.1 Å². The van der Waals surface area contributed by atoms with Crippen LogP contribution in [0, 0.1) is 11.8 Å². The van der Waals surface area contributed by atoms with Gasteiger partial charge in [0.05, 0.1) is 24.2 Å². The van der Waals surface area contributed by atoms with Crippen molar-refractivity contribution in [1.29, 1.82) is 0 Å². The van der Waals surface area contributed by atoms with Crippen molar-refractivity contribution in [2.24, 2.45) is 11.8 Å². The number of carbonyl (C=O) groups is 3. The third-order valence-electron chi connectivity index (χ3n) is 8.41. The average Bonchev–Trinajstić information content (AvgIpc) is 3.49. The van der Waals surface area contributed by atoms with Crippen molar-refractivity contribution in [3.05, 3.63) is 61.2 Å². The van der Waals surface area contributed by atoms with E-state index in [-0.39, 0.29) is 25.0 Å². The van der Waals surface area contributed by atoms with Gasteiger partial charge in [0.1, 0.15) is 24.2 Å². The van der Waals surface area contributed by atoms with Gasteiger partial charge in [-0.05, 0) is 38.2 Å². The first-order chi connectivity index (χ1) is 18.3. The molecule has 206 valence electrons. The van der Waals surface area contributed by atoms with Crippen LogP contribution in [0.5, 0.6) is 0 Å². The third-order valence-corrected chi connectivity index (χ3v) is 8.41. The van der Waals surface area contributed by atoms with Gasteiger partial charge in [-0.3, -0.25) is 14.4 Å². The number of likely N-dealkylation sites (tertiary alicyclic amines) is 1. The fraction of sp³-hybridized carbons (Fsp3) is 0.567. The summed E-state index contributed by atoms with van der Waals surface area (Å²) in [4.78, 5) is 45.2. The second-order valence-electron chi connectivity index (χ2n) is 10.8. The van der Waals surface area contributed by atoms with E-state index in [0.717, 1.165) is 18.4 Å². The summed E-state index contributed by atoms with van der Waals surface area (Å²) in [5.41, 5.74) is -1.14. The summed E-state index contributed by atoms with van der Waals surface area (Å²) in [6, 6.07) is 7.96. The van der Waals surface area contributed by atoms with Crippen LogP contribution in [0.3, 0.4) is 0 Å². The molecule has 0 aromatic heterocycles. The molecule has 1 aromatic carbocycles. The van der Waals surface area contributed by atoms with Crippen molar-refractivity contribution < 1.29 is 29.0 Å². The van der Waals surface area contributed by atoms with Gasteiger partial charge in [0.25, 0.3) is 0 Å². The summed E-state index contributed by atoms with van der Waals surface area (Å²) < 4.78 is 12.1. The lowest BCUT2D eigenvalue weighted by atomic mass is 9.66. The molecule has 0 aliphatic carbocycles. The monoisotopic (exact) mass is 524 g/mol. The Morgan fingerprint density at radius 1 is 1.26 bits per heavy atom. The molecule has 3 aliphatic rings. The van der Waals surface area contributed by atoms with Crippen molar-refractivity contribution in [2.75, 3.05) is 26.3 Å². The summed E-state index contributed by atoms with van der Waals surface area (Å²) in [5, 5.41) is 10.5. The van der Waals surface area contributed by atoms with E-state index in [1.165, 1.54) is 11.0 Å². The van der Waals surface area contributed by atoms with Crippen LogP contribution in [0.4, 0.5) is 0 Å². The van der Waals surface area contributed by atoms with Crippen LogP contribution in [0.15, 0.2) is 55.6 Å². The third kappa shape index (κ3) is 4.69. The Morgan fingerprint density at radius 3 is 2.63 bits per heavy atom. The molecule has 3 heterocycles. The number of aliphatic hydroxyl groups is 1. The van der Waals surface area contributed by atoms with Crippen LogP contribution in [-0.2, 0) is 30.3 Å². The van der Waals surface area contributed by atoms with Crippen molar-refractivity contribution >= 4 is 17.8 Å². The van der Waals surface area contributed by atoms with E-state index in [9.17, 15) is 19.5 Å². The lowest BCUT2D eigenvalue weighted by molar-refractivity contribution is -0.161. The molecular weight excluding hydrogens is 484 g/mol. The standard InChI is InChI=1S/C30H40N2O6/c1-5-8-17-31(16-6-2)27(35)25-30-15-14-29(4,38-30)24(28(36)37-18-7-3)23(30)26(34)32(25)22(20-33)19-21-12-10-9-11-13-21/h6-7,9-13,22-25,33H,2-3,5,8,14-20H2,1,4H3/t22-,23+,24-,25?,29+,30?/m1/s1. The van der Waals surface area contributed by atoms with Crippen molar-refractivity contribution in [1.82, 2.24) is 9.80 Å². The number of esters is 1. The molecule has 4 rings (SSSR count). The number of hydrogen-bond acceptors (Lipinski definition) is 6. The first-order valence-electron chi connectivity index (χ1n) is 13.6. The number of aliphatic hydroxyl groups excluding tert-OH is 1. The summed E-state index contributed by atoms with van der Waals surface area (Å²) >= 11 is 0. The van der Waals surface area contributed by atoms with E-state index in [0.29, 0.717) is 32.4 Å². The van der Waals surface area contributed by atoms with Crippen molar-refractivity contribution in [3.63, 3.8) is 0 Å². The minimum Gasteiger partial charge on any atom is -0.461 e. The van der Waals surface area contributed by atoms with Crippen LogP contribution in [-0.4, -0.2) is 82.3 Å². The van der Waals surface area contributed by atoms with Gasteiger partial charge >= 0.3 is 5.97 Å². The van der Waals surface area contributed by atoms with Gasteiger partial charge < -0.3 is 24.4 Å². The number of carbonyl (C=O) groups excluding carboxylic acids is 3. The Hall–Kier alpha value is -2.97. The molecule has 8 heteroatoms. The Balaban J connectivity index is 1.79. The highest BCUT2D eigenvalue weighted by Gasteiger charge is 2.79. The molecule has 38 heavy (non-hydrogen) atoms. The molecule has 0 saturated carbocycles. The maximum absolute atomic E-state index is 14.3. The molecule has 2 unspecified atom stereocenters. The van der Waals surface area contributed by atoms with Crippen LogP contribution in [0.25, 0.3) is 0 Å². The Morgan fingerprint density at radius 2 is 2.00 bits per heavy atom. The lowest BCUT2D eigenvalue weighted by Crippen LogP contribution is -2.59. The number of nitrogens with zero attached hydrogens (tertiary/aromatic N) is 2. The van der Waals surface area contributed by atoms with Crippen molar-refractivity contribution in [3.8, 4) is 0 Å². The maximum atomic E-state index is 14.3. The maximum Gasteiger partial charge on any atom is 0.313 e. The first kappa shape index (κ1) is 28.0. The summed E-state index contributed by atoms with van der Waals surface area (Å²) in [7, 11) is 0. The lowest BCUT2D eigenvalue weighted by Gasteiger charge is -2.39. The highest BCUT2D eigenvalue weighted by atomic mass is 16.6. The van der Waals surface area contributed by atoms with E-state index in [1.807, 2.05) is 37.3 Å². The second-order valence-corrected chi connectivity index (χ2v) is 10.8. The Bertz CT molecular complexity index is 1060. The Kier molecular flexibility index (Phi) is 8.43. The number of hydrogen-bond donors (Lipinski definition) is 1. The van der Waals surface area contributed by atoms with Gasteiger partial charge in [-0.1, -0.05) is 62.4 Å². The number of unbranched alkanes of at least 4 members (excludes halogenated alkanes) is 1. The molecule has 3 saturated heterocycles. The minimum atomic E-state index is -1.17. The first-order valence-corrected chi connectivity index (χ1v) is 13.6. The van der Waals surface area contributed by atoms with Gasteiger partial charge in [0, 0.05) is 13.1 Å².